The zero-order valence-electron chi connectivity index (χ0n) is 22.3. The molecular formula is C29H24N6O5S. The van der Waals surface area contributed by atoms with Crippen molar-refractivity contribution in [2.24, 2.45) is 17.1 Å². The van der Waals surface area contributed by atoms with E-state index in [1.807, 2.05) is 73.8 Å². The monoisotopic (exact) mass is 568 g/mol. The Morgan fingerprint density at radius 2 is 1.73 bits per heavy atom. The summed E-state index contributed by atoms with van der Waals surface area (Å²) in [5.74, 6) is 0.708. The number of nitrogens with zero attached hydrogens (tertiary/aromatic N) is 6. The standard InChI is InChI=1S/C29H24N6O5S/c1-18-9-11-20(12-10-18)24-16-41-29(31-27-19(2)32(3)34(28(27)36)22-7-5-4-6-8-22)33(24)30-15-21-13-25-26(40-17-39-25)14-23(21)35(37)38/h4-16H,17H2,1-3H3. The lowest BCUT2D eigenvalue weighted by molar-refractivity contribution is -0.385. The zero-order chi connectivity index (χ0) is 28.7. The van der Waals surface area contributed by atoms with Crippen LogP contribution in [0.1, 0.15) is 16.8 Å². The minimum Gasteiger partial charge on any atom is -0.454 e. The molecule has 0 saturated carbocycles. The third-order valence-electron chi connectivity index (χ3n) is 6.79. The van der Waals surface area contributed by atoms with E-state index in [4.69, 9.17) is 14.5 Å². The molecule has 0 aliphatic carbocycles. The zero-order valence-corrected chi connectivity index (χ0v) is 23.2. The Morgan fingerprint density at radius 3 is 2.44 bits per heavy atom. The van der Waals surface area contributed by atoms with Crippen LogP contribution in [0.2, 0.25) is 0 Å². The number of hydrogen-bond acceptors (Lipinski definition) is 8. The normalized spacial score (nSPS) is 12.9. The molecule has 1 aliphatic rings. The lowest BCUT2D eigenvalue weighted by Gasteiger charge is -2.07. The number of para-hydroxylation sites is 1. The average molecular weight is 569 g/mol. The second-order valence-corrected chi connectivity index (χ2v) is 10.2. The highest BCUT2D eigenvalue weighted by molar-refractivity contribution is 7.07. The van der Waals surface area contributed by atoms with Gasteiger partial charge in [0, 0.05) is 18.0 Å². The maximum Gasteiger partial charge on any atom is 0.297 e. The van der Waals surface area contributed by atoms with Gasteiger partial charge in [0.15, 0.2) is 17.2 Å². The van der Waals surface area contributed by atoms with Crippen molar-refractivity contribution in [3.8, 4) is 28.4 Å². The molecule has 3 heterocycles. The lowest BCUT2D eigenvalue weighted by Crippen LogP contribution is -2.19. The Hall–Kier alpha value is -5.23. The molecular weight excluding hydrogens is 544 g/mol. The number of aromatic nitrogens is 3. The molecule has 0 amide bonds. The van der Waals surface area contributed by atoms with E-state index in [0.717, 1.165) is 16.8 Å². The third kappa shape index (κ3) is 4.74. The minimum absolute atomic E-state index is 0.0100. The van der Waals surface area contributed by atoms with Gasteiger partial charge in [-0.25, -0.2) is 14.4 Å². The molecule has 0 bridgehead atoms. The molecule has 0 spiro atoms. The second kappa shape index (κ2) is 10.4. The predicted octanol–water partition coefficient (Wildman–Crippen LogP) is 5.07. The van der Waals surface area contributed by atoms with Gasteiger partial charge in [-0.1, -0.05) is 48.0 Å². The first-order valence-corrected chi connectivity index (χ1v) is 13.5. The van der Waals surface area contributed by atoms with E-state index < -0.39 is 4.92 Å². The molecule has 3 aromatic carbocycles. The molecule has 0 unspecified atom stereocenters. The second-order valence-electron chi connectivity index (χ2n) is 9.37. The van der Waals surface area contributed by atoms with Crippen LogP contribution in [-0.4, -0.2) is 32.0 Å². The average Bonchev–Trinajstić information content (AvgIpc) is 3.65. The van der Waals surface area contributed by atoms with Gasteiger partial charge in [-0.3, -0.25) is 19.6 Å². The summed E-state index contributed by atoms with van der Waals surface area (Å²) in [5.41, 5.74) is 4.14. The van der Waals surface area contributed by atoms with Crippen molar-refractivity contribution >= 4 is 28.9 Å². The highest BCUT2D eigenvalue weighted by Crippen LogP contribution is 2.37. The Morgan fingerprint density at radius 1 is 1.02 bits per heavy atom. The van der Waals surface area contributed by atoms with Gasteiger partial charge < -0.3 is 9.47 Å². The van der Waals surface area contributed by atoms with E-state index in [9.17, 15) is 14.9 Å². The van der Waals surface area contributed by atoms with E-state index in [1.165, 1.54) is 29.7 Å². The van der Waals surface area contributed by atoms with Gasteiger partial charge >= 0.3 is 0 Å². The summed E-state index contributed by atoms with van der Waals surface area (Å²) in [6, 6.07) is 20.1. The van der Waals surface area contributed by atoms with Crippen LogP contribution in [0, 0.1) is 24.0 Å². The summed E-state index contributed by atoms with van der Waals surface area (Å²) in [4.78, 5) is 30.1. The number of nitro benzene ring substituents is 1. The summed E-state index contributed by atoms with van der Waals surface area (Å²) in [6.07, 6.45) is 1.39. The number of fused-ring (bicyclic) bond motifs is 1. The van der Waals surface area contributed by atoms with E-state index >= 15 is 0 Å². The minimum atomic E-state index is -0.493. The summed E-state index contributed by atoms with van der Waals surface area (Å²) < 4.78 is 15.6. The summed E-state index contributed by atoms with van der Waals surface area (Å²) in [6.45, 7) is 3.82. The van der Waals surface area contributed by atoms with Crippen molar-refractivity contribution in [2.45, 2.75) is 13.8 Å². The Balaban J connectivity index is 1.53. The molecule has 6 rings (SSSR count). The van der Waals surface area contributed by atoms with Crippen LogP contribution >= 0.6 is 11.3 Å². The highest BCUT2D eigenvalue weighted by atomic mass is 32.1. The molecule has 2 aromatic heterocycles. The highest BCUT2D eigenvalue weighted by Gasteiger charge is 2.23. The summed E-state index contributed by atoms with van der Waals surface area (Å²) in [7, 11) is 1.81. The number of rotatable bonds is 6. The first-order chi connectivity index (χ1) is 19.8. The van der Waals surface area contributed by atoms with E-state index in [-0.39, 0.29) is 29.3 Å². The molecule has 12 heteroatoms. The molecule has 41 heavy (non-hydrogen) atoms. The van der Waals surface area contributed by atoms with Crippen LogP contribution in [0.3, 0.4) is 0 Å². The molecule has 0 radical (unpaired) electrons. The van der Waals surface area contributed by atoms with Crippen molar-refractivity contribution in [1.29, 1.82) is 0 Å². The van der Waals surface area contributed by atoms with Gasteiger partial charge in [-0.15, -0.1) is 11.3 Å². The molecule has 206 valence electrons. The van der Waals surface area contributed by atoms with Crippen LogP contribution in [0.5, 0.6) is 11.5 Å². The smallest absolute Gasteiger partial charge is 0.297 e. The molecule has 1 aliphatic heterocycles. The van der Waals surface area contributed by atoms with Crippen LogP contribution in [0.25, 0.3) is 16.9 Å². The Bertz CT molecular complexity index is 1950. The van der Waals surface area contributed by atoms with Gasteiger partial charge in [0.25, 0.3) is 11.2 Å². The Labute approximate surface area is 237 Å². The fourth-order valence-corrected chi connectivity index (χ4v) is 5.36. The van der Waals surface area contributed by atoms with Gasteiger partial charge in [0.05, 0.1) is 39.8 Å². The third-order valence-corrected chi connectivity index (χ3v) is 7.61. The maximum atomic E-state index is 13.6. The van der Waals surface area contributed by atoms with Crippen molar-refractivity contribution in [2.75, 3.05) is 6.79 Å². The number of hydrogen-bond donors (Lipinski definition) is 0. The van der Waals surface area contributed by atoms with Crippen LogP contribution in [0.4, 0.5) is 11.4 Å². The first-order valence-electron chi connectivity index (χ1n) is 12.6. The first kappa shape index (κ1) is 26.0. The van der Waals surface area contributed by atoms with Gasteiger partial charge in [-0.05, 0) is 32.0 Å². The molecule has 0 saturated heterocycles. The Kier molecular flexibility index (Phi) is 6.59. The van der Waals surface area contributed by atoms with E-state index in [2.05, 4.69) is 5.10 Å². The van der Waals surface area contributed by atoms with Gasteiger partial charge in [0.2, 0.25) is 11.6 Å². The fraction of sp³-hybridized carbons (Fsp3) is 0.138. The van der Waals surface area contributed by atoms with Gasteiger partial charge in [0.1, 0.15) is 0 Å². The van der Waals surface area contributed by atoms with Crippen LogP contribution in [0.15, 0.2) is 87.0 Å². The number of benzene rings is 3. The maximum absolute atomic E-state index is 13.6. The van der Waals surface area contributed by atoms with E-state index in [1.54, 1.807) is 21.1 Å². The largest absolute Gasteiger partial charge is 0.454 e. The number of ether oxygens (including phenoxy) is 2. The fourth-order valence-electron chi connectivity index (χ4n) is 4.52. The summed E-state index contributed by atoms with van der Waals surface area (Å²) >= 11 is 1.31. The van der Waals surface area contributed by atoms with Crippen molar-refractivity contribution < 1.29 is 14.4 Å². The van der Waals surface area contributed by atoms with Crippen molar-refractivity contribution in [1.82, 2.24) is 14.0 Å². The van der Waals surface area contributed by atoms with E-state index in [0.29, 0.717) is 27.7 Å². The molecule has 5 aromatic rings. The van der Waals surface area contributed by atoms with Crippen LogP contribution < -0.4 is 19.8 Å². The van der Waals surface area contributed by atoms with Crippen molar-refractivity contribution in [3.05, 3.63) is 114 Å². The van der Waals surface area contributed by atoms with Crippen LogP contribution in [-0.2, 0) is 7.05 Å². The van der Waals surface area contributed by atoms with Crippen molar-refractivity contribution in [3.63, 3.8) is 0 Å². The number of aryl methyl sites for hydroxylation is 1. The quantitative estimate of drug-likeness (QED) is 0.161. The van der Waals surface area contributed by atoms with Gasteiger partial charge in [-0.2, -0.15) is 5.10 Å². The lowest BCUT2D eigenvalue weighted by atomic mass is 10.1. The molecule has 0 atom stereocenters. The molecule has 11 nitrogen and oxygen atoms in total. The SMILES string of the molecule is Cc1ccc(-c2csc(=Nc3c(C)n(C)n(-c4ccccc4)c3=O)n2N=Cc2cc3c(cc2[N+](=O)[O-])OCO3)cc1. The number of nitro groups is 1. The number of thiazole rings is 1. The summed E-state index contributed by atoms with van der Waals surface area (Å²) in [5, 5.41) is 18.4. The topological polar surface area (TPSA) is 118 Å². The predicted molar refractivity (Wildman–Crippen MR) is 156 cm³/mol. The molecule has 0 fully saturated rings. The molecule has 0 N–H and O–H groups in total.